The third-order valence-corrected chi connectivity index (χ3v) is 7.18. The zero-order valence-electron chi connectivity index (χ0n) is 21.5. The molecule has 0 atom stereocenters. The van der Waals surface area contributed by atoms with E-state index in [0.717, 1.165) is 43.2 Å². The van der Waals surface area contributed by atoms with E-state index in [1.807, 2.05) is 30.3 Å². The summed E-state index contributed by atoms with van der Waals surface area (Å²) in [6.45, 7) is 4.33. The molecule has 0 saturated carbocycles. The molecule has 3 aromatic rings. The van der Waals surface area contributed by atoms with E-state index in [2.05, 4.69) is 25.4 Å². The molecule has 0 aliphatic carbocycles. The van der Waals surface area contributed by atoms with E-state index in [9.17, 15) is 4.39 Å². The van der Waals surface area contributed by atoms with Gasteiger partial charge in [0.25, 0.3) is 0 Å². The maximum atomic E-state index is 14.3. The molecule has 37 heavy (non-hydrogen) atoms. The summed E-state index contributed by atoms with van der Waals surface area (Å²) >= 11 is 0. The van der Waals surface area contributed by atoms with E-state index in [1.165, 1.54) is 45.5 Å². The summed E-state index contributed by atoms with van der Waals surface area (Å²) in [6, 6.07) is 15.0. The number of nitrogens with one attached hydrogen (secondary N) is 2. The Balaban J connectivity index is 1.36. The molecular weight excluding hydrogens is 471 g/mol. The van der Waals surface area contributed by atoms with Crippen LogP contribution in [0.1, 0.15) is 32.1 Å². The van der Waals surface area contributed by atoms with Crippen molar-refractivity contribution in [2.75, 3.05) is 55.9 Å². The van der Waals surface area contributed by atoms with Crippen LogP contribution >= 0.6 is 0 Å². The second-order valence-electron chi connectivity index (χ2n) is 9.58. The topological polar surface area (TPSA) is 74.8 Å². The fourth-order valence-electron chi connectivity index (χ4n) is 5.16. The summed E-state index contributed by atoms with van der Waals surface area (Å²) in [6.07, 6.45) is 6.23. The molecule has 8 nitrogen and oxygen atoms in total. The van der Waals surface area contributed by atoms with Gasteiger partial charge < -0.3 is 29.9 Å². The lowest BCUT2D eigenvalue weighted by Gasteiger charge is -2.40. The zero-order chi connectivity index (χ0) is 25.6. The Labute approximate surface area is 217 Å². The molecule has 2 N–H and O–H groups in total. The normalized spacial score (nSPS) is 16.9. The second kappa shape index (κ2) is 11.6. The van der Waals surface area contributed by atoms with Gasteiger partial charge in [-0.15, -0.1) is 0 Å². The number of likely N-dealkylation sites (tertiary alicyclic amines) is 1. The van der Waals surface area contributed by atoms with E-state index in [1.54, 1.807) is 19.2 Å². The van der Waals surface area contributed by atoms with Gasteiger partial charge in [-0.2, -0.15) is 9.97 Å². The number of hydrogen-bond acceptors (Lipinski definition) is 8. The predicted octanol–water partition coefficient (Wildman–Crippen LogP) is 5.57. The van der Waals surface area contributed by atoms with Crippen LogP contribution in [0.4, 0.5) is 33.3 Å². The highest BCUT2D eigenvalue weighted by atomic mass is 19.1. The maximum absolute atomic E-state index is 14.3. The number of methoxy groups -OCH3 is 2. The summed E-state index contributed by atoms with van der Waals surface area (Å²) in [5, 5.41) is 6.54. The molecule has 0 unspecified atom stereocenters. The Morgan fingerprint density at radius 2 is 1.54 bits per heavy atom. The second-order valence-corrected chi connectivity index (χ2v) is 9.58. The van der Waals surface area contributed by atoms with Crippen molar-refractivity contribution in [2.24, 2.45) is 0 Å². The van der Waals surface area contributed by atoms with E-state index in [4.69, 9.17) is 14.5 Å². The highest BCUT2D eigenvalue weighted by molar-refractivity contribution is 5.65. The number of piperidine rings is 2. The molecule has 2 aromatic carbocycles. The molecule has 2 saturated heterocycles. The summed E-state index contributed by atoms with van der Waals surface area (Å²) in [4.78, 5) is 14.5. The first-order valence-corrected chi connectivity index (χ1v) is 13.0. The van der Waals surface area contributed by atoms with E-state index >= 15 is 0 Å². The zero-order valence-corrected chi connectivity index (χ0v) is 21.5. The van der Waals surface area contributed by atoms with Gasteiger partial charge in [-0.3, -0.25) is 0 Å². The Morgan fingerprint density at radius 3 is 2.22 bits per heavy atom. The molecule has 2 aliphatic rings. The number of halogens is 1. The lowest BCUT2D eigenvalue weighted by Crippen LogP contribution is -2.47. The quantitative estimate of drug-likeness (QED) is 0.411. The highest BCUT2D eigenvalue weighted by Crippen LogP contribution is 2.29. The van der Waals surface area contributed by atoms with Gasteiger partial charge in [0.15, 0.2) is 11.6 Å². The van der Waals surface area contributed by atoms with E-state index in [0.29, 0.717) is 23.5 Å². The van der Waals surface area contributed by atoms with Crippen molar-refractivity contribution in [3.8, 4) is 11.5 Å². The van der Waals surface area contributed by atoms with Gasteiger partial charge in [0.2, 0.25) is 5.95 Å². The molecule has 2 fully saturated rings. The monoisotopic (exact) mass is 506 g/mol. The average molecular weight is 507 g/mol. The first-order chi connectivity index (χ1) is 18.1. The largest absolute Gasteiger partial charge is 0.497 e. The highest BCUT2D eigenvalue weighted by Gasteiger charge is 2.26. The van der Waals surface area contributed by atoms with Gasteiger partial charge in [0.1, 0.15) is 17.4 Å². The Hall–Kier alpha value is -3.59. The van der Waals surface area contributed by atoms with Crippen LogP contribution < -0.4 is 25.0 Å². The molecule has 0 bridgehead atoms. The van der Waals surface area contributed by atoms with Crippen molar-refractivity contribution in [2.45, 2.75) is 38.1 Å². The molecule has 5 rings (SSSR count). The molecule has 9 heteroatoms. The molecule has 3 heterocycles. The molecule has 0 radical (unpaired) electrons. The molecular formula is C28H35FN6O2. The SMILES string of the molecule is COc1ccc(Nc2nc(Nc3ccc(OC)c(F)c3)cc(N3CCC(N4CCCCC4)CC3)n2)cc1. The minimum atomic E-state index is -0.432. The van der Waals surface area contributed by atoms with Crippen molar-refractivity contribution in [1.82, 2.24) is 14.9 Å². The Bertz CT molecular complexity index is 1180. The lowest BCUT2D eigenvalue weighted by molar-refractivity contribution is 0.141. The first-order valence-electron chi connectivity index (χ1n) is 13.0. The summed E-state index contributed by atoms with van der Waals surface area (Å²) in [5.41, 5.74) is 1.44. The molecule has 2 aliphatic heterocycles. The van der Waals surface area contributed by atoms with Crippen molar-refractivity contribution >= 4 is 29.0 Å². The lowest BCUT2D eigenvalue weighted by atomic mass is 10.00. The first kappa shape index (κ1) is 25.1. The Kier molecular flexibility index (Phi) is 7.89. The third-order valence-electron chi connectivity index (χ3n) is 7.18. The number of rotatable bonds is 8. The van der Waals surface area contributed by atoms with Crippen LogP contribution in [0.3, 0.4) is 0 Å². The summed E-state index contributed by atoms with van der Waals surface area (Å²) < 4.78 is 24.6. The van der Waals surface area contributed by atoms with Gasteiger partial charge in [-0.05, 0) is 75.2 Å². The molecule has 0 spiro atoms. The van der Waals surface area contributed by atoms with Crippen LogP contribution in [-0.2, 0) is 0 Å². The van der Waals surface area contributed by atoms with Crippen molar-refractivity contribution in [3.05, 3.63) is 54.3 Å². The van der Waals surface area contributed by atoms with Gasteiger partial charge >= 0.3 is 0 Å². The number of hydrogen-bond donors (Lipinski definition) is 2. The van der Waals surface area contributed by atoms with Crippen LogP contribution in [0.2, 0.25) is 0 Å². The number of benzene rings is 2. The summed E-state index contributed by atoms with van der Waals surface area (Å²) in [7, 11) is 3.09. The van der Waals surface area contributed by atoms with Gasteiger partial charge in [-0.1, -0.05) is 6.42 Å². The standard InChI is InChI=1S/C28H35FN6O2/c1-36-23-9-6-20(7-10-23)31-28-32-26(30-21-8-11-25(37-2)24(29)18-21)19-27(33-28)35-16-12-22(13-17-35)34-14-4-3-5-15-34/h6-11,18-19,22H,3-5,12-17H2,1-2H3,(H2,30,31,32,33). The van der Waals surface area contributed by atoms with E-state index < -0.39 is 5.82 Å². The fraction of sp³-hybridized carbons (Fsp3) is 0.429. The average Bonchev–Trinajstić information content (AvgIpc) is 2.94. The number of aromatic nitrogens is 2. The minimum Gasteiger partial charge on any atom is -0.497 e. The van der Waals surface area contributed by atoms with Crippen LogP contribution in [0.5, 0.6) is 11.5 Å². The number of nitrogens with zero attached hydrogens (tertiary/aromatic N) is 4. The number of ether oxygens (including phenoxy) is 2. The van der Waals surface area contributed by atoms with Gasteiger partial charge in [0.05, 0.1) is 14.2 Å². The molecule has 196 valence electrons. The van der Waals surface area contributed by atoms with Crippen LogP contribution in [0, 0.1) is 5.82 Å². The van der Waals surface area contributed by atoms with Crippen LogP contribution in [-0.4, -0.2) is 61.3 Å². The van der Waals surface area contributed by atoms with Crippen molar-refractivity contribution in [3.63, 3.8) is 0 Å². The van der Waals surface area contributed by atoms with Gasteiger partial charge in [0, 0.05) is 42.6 Å². The number of anilines is 5. The van der Waals surface area contributed by atoms with Crippen molar-refractivity contribution < 1.29 is 13.9 Å². The van der Waals surface area contributed by atoms with Crippen molar-refractivity contribution in [1.29, 1.82) is 0 Å². The smallest absolute Gasteiger partial charge is 0.231 e. The maximum Gasteiger partial charge on any atom is 0.231 e. The van der Waals surface area contributed by atoms with E-state index in [-0.39, 0.29) is 5.75 Å². The third kappa shape index (κ3) is 6.22. The fourth-order valence-corrected chi connectivity index (χ4v) is 5.16. The minimum absolute atomic E-state index is 0.201. The molecule has 1 aromatic heterocycles. The molecule has 0 amide bonds. The summed E-state index contributed by atoms with van der Waals surface area (Å²) in [5.74, 6) is 2.45. The van der Waals surface area contributed by atoms with Crippen LogP contribution in [0.25, 0.3) is 0 Å². The van der Waals surface area contributed by atoms with Gasteiger partial charge in [-0.25, -0.2) is 4.39 Å². The van der Waals surface area contributed by atoms with Crippen LogP contribution in [0.15, 0.2) is 48.5 Å². The Morgan fingerprint density at radius 1 is 0.811 bits per heavy atom. The predicted molar refractivity (Wildman–Crippen MR) is 145 cm³/mol.